The fourth-order valence-electron chi connectivity index (χ4n) is 9.63. The molecule has 0 unspecified atom stereocenters. The fraction of sp³-hybridized carbons (Fsp3) is 0.0508. The molecule has 60 heavy (non-hydrogen) atoms. The summed E-state index contributed by atoms with van der Waals surface area (Å²) in [6.45, 7) is 4.73. The van der Waals surface area contributed by atoms with Crippen molar-refractivity contribution >= 4 is 38.6 Å². The summed E-state index contributed by atoms with van der Waals surface area (Å²) in [6.07, 6.45) is 0. The van der Waals surface area contributed by atoms with E-state index in [1.54, 1.807) is 0 Å². The molecule has 0 aliphatic heterocycles. The van der Waals surface area contributed by atoms with Crippen molar-refractivity contribution in [1.29, 1.82) is 0 Å². The van der Waals surface area contributed by atoms with E-state index in [0.717, 1.165) is 17.1 Å². The molecule has 0 N–H and O–H groups in total. The summed E-state index contributed by atoms with van der Waals surface area (Å²) in [4.78, 5) is 2.48. The van der Waals surface area contributed by atoms with E-state index in [1.807, 2.05) is 0 Å². The highest BCUT2D eigenvalue weighted by Gasteiger charge is 2.36. The molecular weight excluding hydrogens is 723 g/mol. The topological polar surface area (TPSA) is 3.24 Å². The zero-order chi connectivity index (χ0) is 40.2. The number of hydrogen-bond donors (Lipinski definition) is 0. The second-order valence-electron chi connectivity index (χ2n) is 16.5. The van der Waals surface area contributed by atoms with E-state index in [9.17, 15) is 0 Å². The number of hydrogen-bond acceptors (Lipinski definition) is 1. The van der Waals surface area contributed by atoms with Crippen LogP contribution >= 0.6 is 0 Å². The highest BCUT2D eigenvalue weighted by Crippen LogP contribution is 2.52. The Balaban J connectivity index is 1.09. The van der Waals surface area contributed by atoms with Gasteiger partial charge in [0, 0.05) is 22.4 Å². The number of nitrogens with zero attached hydrogens (tertiary/aromatic N) is 1. The standard InChI is InChI=1S/C59H43N/c1-59(2)56-28-11-10-25-54(56)55-36-34-48(39-57(55)59)60(47-32-29-40(30-33-47)44-21-12-22-45(37-44)51-26-13-19-41-17-6-8-23-49(41)51)58-38-46(31-35-53(58)43-15-4-3-5-16-43)52-27-14-20-42-18-7-9-24-50(42)52/h3-39H,1-2H3. The van der Waals surface area contributed by atoms with Gasteiger partial charge < -0.3 is 4.90 Å². The summed E-state index contributed by atoms with van der Waals surface area (Å²) in [6, 6.07) is 82.5. The third kappa shape index (κ3) is 6.01. The van der Waals surface area contributed by atoms with Gasteiger partial charge in [0.2, 0.25) is 0 Å². The minimum atomic E-state index is -0.139. The minimum absolute atomic E-state index is 0.139. The Hall–Kier alpha value is -7.48. The molecule has 0 atom stereocenters. The molecule has 10 aromatic rings. The van der Waals surface area contributed by atoms with Crippen LogP contribution in [-0.4, -0.2) is 0 Å². The Morgan fingerprint density at radius 2 is 0.800 bits per heavy atom. The summed E-state index contributed by atoms with van der Waals surface area (Å²) in [5.41, 5.74) is 18.2. The van der Waals surface area contributed by atoms with Gasteiger partial charge in [0.05, 0.1) is 5.69 Å². The van der Waals surface area contributed by atoms with Gasteiger partial charge >= 0.3 is 0 Å². The molecule has 10 aromatic carbocycles. The van der Waals surface area contributed by atoms with E-state index in [4.69, 9.17) is 0 Å². The van der Waals surface area contributed by atoms with E-state index < -0.39 is 0 Å². The first kappa shape index (κ1) is 35.7. The Kier molecular flexibility index (Phi) is 8.57. The van der Waals surface area contributed by atoms with Crippen LogP contribution in [0.4, 0.5) is 17.1 Å². The lowest BCUT2D eigenvalue weighted by Gasteiger charge is -2.30. The molecule has 1 aliphatic rings. The molecule has 0 saturated heterocycles. The van der Waals surface area contributed by atoms with E-state index in [-0.39, 0.29) is 5.41 Å². The third-order valence-electron chi connectivity index (χ3n) is 12.7. The lowest BCUT2D eigenvalue weighted by Crippen LogP contribution is -2.17. The maximum absolute atomic E-state index is 2.48. The van der Waals surface area contributed by atoms with Crippen LogP contribution in [-0.2, 0) is 5.41 Å². The second-order valence-corrected chi connectivity index (χ2v) is 16.5. The number of rotatable bonds is 7. The normalized spacial score (nSPS) is 12.6. The van der Waals surface area contributed by atoms with Crippen molar-refractivity contribution in [2.45, 2.75) is 19.3 Å². The zero-order valence-electron chi connectivity index (χ0n) is 33.8. The van der Waals surface area contributed by atoms with Gasteiger partial charge in [-0.25, -0.2) is 0 Å². The zero-order valence-corrected chi connectivity index (χ0v) is 33.8. The molecule has 1 aliphatic carbocycles. The summed E-state index contributed by atoms with van der Waals surface area (Å²) >= 11 is 0. The van der Waals surface area contributed by atoms with Gasteiger partial charge in [0.25, 0.3) is 0 Å². The first-order chi connectivity index (χ1) is 29.5. The Bertz CT molecular complexity index is 3220. The molecule has 0 radical (unpaired) electrons. The monoisotopic (exact) mass is 765 g/mol. The van der Waals surface area contributed by atoms with E-state index >= 15 is 0 Å². The highest BCUT2D eigenvalue weighted by atomic mass is 15.1. The summed E-state index contributed by atoms with van der Waals surface area (Å²) < 4.78 is 0. The molecular formula is C59H43N. The van der Waals surface area contributed by atoms with E-state index in [2.05, 4.69) is 243 Å². The fourth-order valence-corrected chi connectivity index (χ4v) is 9.63. The van der Waals surface area contributed by atoms with Crippen molar-refractivity contribution in [2.75, 3.05) is 4.90 Å². The van der Waals surface area contributed by atoms with Crippen LogP contribution in [0.15, 0.2) is 224 Å². The number of fused-ring (bicyclic) bond motifs is 5. The van der Waals surface area contributed by atoms with E-state index in [0.29, 0.717) is 0 Å². The van der Waals surface area contributed by atoms with Gasteiger partial charge in [0.1, 0.15) is 0 Å². The minimum Gasteiger partial charge on any atom is -0.310 e. The third-order valence-corrected chi connectivity index (χ3v) is 12.7. The number of anilines is 3. The predicted molar refractivity (Wildman–Crippen MR) is 255 cm³/mol. The Morgan fingerprint density at radius 1 is 0.300 bits per heavy atom. The first-order valence-electron chi connectivity index (χ1n) is 20.9. The van der Waals surface area contributed by atoms with Gasteiger partial charge in [-0.05, 0) is 119 Å². The van der Waals surface area contributed by atoms with Gasteiger partial charge in [-0.3, -0.25) is 0 Å². The molecule has 284 valence electrons. The molecule has 0 heterocycles. The van der Waals surface area contributed by atoms with Crippen LogP contribution < -0.4 is 4.90 Å². The van der Waals surface area contributed by atoms with Gasteiger partial charge in [0.15, 0.2) is 0 Å². The number of benzene rings is 10. The Labute approximate surface area is 352 Å². The lowest BCUT2D eigenvalue weighted by molar-refractivity contribution is 0.660. The van der Waals surface area contributed by atoms with Gasteiger partial charge in [-0.1, -0.05) is 202 Å². The average molecular weight is 766 g/mol. The summed E-state index contributed by atoms with van der Waals surface area (Å²) in [5, 5.41) is 5.00. The molecule has 1 heteroatoms. The molecule has 1 nitrogen and oxygen atoms in total. The maximum Gasteiger partial charge on any atom is 0.0546 e. The largest absolute Gasteiger partial charge is 0.310 e. The van der Waals surface area contributed by atoms with Crippen molar-refractivity contribution in [1.82, 2.24) is 0 Å². The van der Waals surface area contributed by atoms with Crippen LogP contribution in [0.1, 0.15) is 25.0 Å². The average Bonchev–Trinajstić information content (AvgIpc) is 3.54. The van der Waals surface area contributed by atoms with Crippen LogP contribution in [0.2, 0.25) is 0 Å². The molecule has 0 spiro atoms. The van der Waals surface area contributed by atoms with Crippen molar-refractivity contribution < 1.29 is 0 Å². The van der Waals surface area contributed by atoms with Crippen molar-refractivity contribution in [3.8, 4) is 55.6 Å². The molecule has 0 amide bonds. The van der Waals surface area contributed by atoms with Crippen LogP contribution in [0.25, 0.3) is 77.2 Å². The first-order valence-corrected chi connectivity index (χ1v) is 20.9. The molecule has 0 bridgehead atoms. The smallest absolute Gasteiger partial charge is 0.0546 e. The quantitative estimate of drug-likeness (QED) is 0.156. The van der Waals surface area contributed by atoms with Gasteiger partial charge in [-0.2, -0.15) is 0 Å². The van der Waals surface area contributed by atoms with Crippen molar-refractivity contribution in [3.63, 3.8) is 0 Å². The maximum atomic E-state index is 2.48. The van der Waals surface area contributed by atoms with Crippen LogP contribution in [0.3, 0.4) is 0 Å². The lowest BCUT2D eigenvalue weighted by atomic mass is 9.82. The molecule has 0 aromatic heterocycles. The highest BCUT2D eigenvalue weighted by molar-refractivity contribution is 6.00. The summed E-state index contributed by atoms with van der Waals surface area (Å²) in [5.74, 6) is 0. The van der Waals surface area contributed by atoms with E-state index in [1.165, 1.54) is 88.3 Å². The predicted octanol–water partition coefficient (Wildman–Crippen LogP) is 16.4. The second kappa shape index (κ2) is 14.4. The molecule has 0 fully saturated rings. The van der Waals surface area contributed by atoms with Crippen molar-refractivity contribution in [3.05, 3.63) is 236 Å². The molecule has 11 rings (SSSR count). The van der Waals surface area contributed by atoms with Gasteiger partial charge in [-0.15, -0.1) is 0 Å². The van der Waals surface area contributed by atoms with Crippen LogP contribution in [0, 0.1) is 0 Å². The Morgan fingerprint density at radius 3 is 1.53 bits per heavy atom. The van der Waals surface area contributed by atoms with Crippen molar-refractivity contribution in [2.24, 2.45) is 0 Å². The SMILES string of the molecule is CC1(C)c2ccccc2-c2ccc(N(c3ccc(-c4cccc(-c5cccc6ccccc56)c4)cc3)c3cc(-c4cccc5ccccc45)ccc3-c3ccccc3)cc21. The molecule has 0 saturated carbocycles. The summed E-state index contributed by atoms with van der Waals surface area (Å²) in [7, 11) is 0. The van der Waals surface area contributed by atoms with Crippen LogP contribution in [0.5, 0.6) is 0 Å².